The van der Waals surface area contributed by atoms with Crippen LogP contribution in [0.3, 0.4) is 0 Å². The Morgan fingerprint density at radius 3 is 2.46 bits per heavy atom. The van der Waals surface area contributed by atoms with E-state index >= 15 is 0 Å². The van der Waals surface area contributed by atoms with Gasteiger partial charge in [0.05, 0.1) is 17.2 Å². The van der Waals surface area contributed by atoms with Gasteiger partial charge in [0.2, 0.25) is 0 Å². The first kappa shape index (κ1) is 21.2. The largest absolute Gasteiger partial charge is 0.445 e. The number of nitrogens with zero attached hydrogens (tertiary/aromatic N) is 1. The number of ether oxygens (including phenoxy) is 1. The predicted octanol–water partition coefficient (Wildman–Crippen LogP) is 2.90. The Hall–Kier alpha value is -3.09. The van der Waals surface area contributed by atoms with Gasteiger partial charge in [0.1, 0.15) is 18.8 Å². The van der Waals surface area contributed by atoms with Crippen LogP contribution in [0.2, 0.25) is 0 Å². The van der Waals surface area contributed by atoms with E-state index in [4.69, 9.17) is 10.00 Å². The van der Waals surface area contributed by atoms with Crippen LogP contribution in [0.4, 0.5) is 18.0 Å². The first-order valence-corrected chi connectivity index (χ1v) is 8.14. The molecule has 148 valence electrons. The third kappa shape index (κ3) is 5.70. The molecule has 0 heterocycles. The van der Waals surface area contributed by atoms with Crippen LogP contribution in [-0.4, -0.2) is 29.0 Å². The van der Waals surface area contributed by atoms with Crippen LogP contribution >= 0.6 is 0 Å². The van der Waals surface area contributed by atoms with E-state index in [2.05, 4.69) is 5.32 Å². The Labute approximate surface area is 158 Å². The van der Waals surface area contributed by atoms with E-state index in [1.54, 1.807) is 36.4 Å². The Bertz CT molecular complexity index is 850. The van der Waals surface area contributed by atoms with Crippen LogP contribution in [0, 0.1) is 11.3 Å². The van der Waals surface area contributed by atoms with Gasteiger partial charge in [-0.05, 0) is 23.3 Å². The number of halogens is 3. The number of carbonyl (C=O) groups excluding carboxylic acids is 1. The number of hydrogen-bond acceptors (Lipinski definition) is 5. The van der Waals surface area contributed by atoms with E-state index in [0.29, 0.717) is 6.07 Å². The summed E-state index contributed by atoms with van der Waals surface area (Å²) >= 11 is 0. The van der Waals surface area contributed by atoms with Gasteiger partial charge in [-0.2, -0.15) is 18.4 Å². The third-order valence-corrected chi connectivity index (χ3v) is 3.84. The topological polar surface area (TPSA) is 103 Å². The van der Waals surface area contributed by atoms with E-state index in [0.717, 1.165) is 17.7 Å². The normalized spacial score (nSPS) is 13.3. The molecule has 0 aromatic heterocycles. The quantitative estimate of drug-likeness (QED) is 0.699. The van der Waals surface area contributed by atoms with Crippen molar-refractivity contribution in [2.24, 2.45) is 0 Å². The zero-order valence-electron chi connectivity index (χ0n) is 14.5. The average Bonchev–Trinajstić information content (AvgIpc) is 2.69. The predicted molar refractivity (Wildman–Crippen MR) is 91.8 cm³/mol. The molecule has 0 fully saturated rings. The van der Waals surface area contributed by atoms with Gasteiger partial charge in [-0.25, -0.2) is 4.79 Å². The Balaban J connectivity index is 1.98. The fraction of sp³-hybridized carbons (Fsp3) is 0.263. The maximum atomic E-state index is 13.2. The second-order valence-electron chi connectivity index (χ2n) is 5.87. The highest BCUT2D eigenvalue weighted by Crippen LogP contribution is 2.36. The van der Waals surface area contributed by atoms with Crippen molar-refractivity contribution < 1.29 is 32.9 Å². The Morgan fingerprint density at radius 2 is 1.86 bits per heavy atom. The summed E-state index contributed by atoms with van der Waals surface area (Å²) in [5, 5.41) is 31.0. The second-order valence-corrected chi connectivity index (χ2v) is 5.87. The summed E-state index contributed by atoms with van der Waals surface area (Å²) < 4.78 is 44.4. The van der Waals surface area contributed by atoms with Gasteiger partial charge in [-0.15, -0.1) is 0 Å². The van der Waals surface area contributed by atoms with Gasteiger partial charge in [0.25, 0.3) is 0 Å². The molecule has 2 aromatic rings. The van der Waals surface area contributed by atoms with Crippen LogP contribution in [0.15, 0.2) is 48.5 Å². The molecule has 1 amide bonds. The maximum Gasteiger partial charge on any atom is 0.416 e. The number of alkyl carbamates (subject to hydrolysis) is 1. The van der Waals surface area contributed by atoms with Crippen molar-refractivity contribution >= 4 is 6.09 Å². The zero-order valence-corrected chi connectivity index (χ0v) is 14.5. The minimum atomic E-state index is -4.83. The number of alkyl halides is 3. The SMILES string of the molecule is N#Cc1ccc(C(O)C(O)CNC(=O)OCc2ccccc2)c(C(F)(F)F)c1. The number of benzene rings is 2. The summed E-state index contributed by atoms with van der Waals surface area (Å²) in [7, 11) is 0. The Morgan fingerprint density at radius 1 is 1.18 bits per heavy atom. The fourth-order valence-electron chi connectivity index (χ4n) is 2.41. The number of aliphatic hydroxyl groups excluding tert-OH is 2. The Kier molecular flexibility index (Phi) is 6.98. The summed E-state index contributed by atoms with van der Waals surface area (Å²) in [6.07, 6.45) is -9.38. The van der Waals surface area contributed by atoms with Gasteiger partial charge in [-0.3, -0.25) is 0 Å². The maximum absolute atomic E-state index is 13.2. The van der Waals surface area contributed by atoms with E-state index in [-0.39, 0.29) is 12.2 Å². The van der Waals surface area contributed by atoms with Gasteiger partial charge in [-0.1, -0.05) is 36.4 Å². The van der Waals surface area contributed by atoms with Crippen molar-refractivity contribution in [1.82, 2.24) is 5.32 Å². The average molecular weight is 394 g/mol. The van der Waals surface area contributed by atoms with Crippen molar-refractivity contribution in [1.29, 1.82) is 5.26 Å². The molecule has 2 unspecified atom stereocenters. The molecule has 0 bridgehead atoms. The number of aliphatic hydroxyl groups is 2. The van der Waals surface area contributed by atoms with Crippen molar-refractivity contribution in [2.75, 3.05) is 6.54 Å². The van der Waals surface area contributed by atoms with E-state index < -0.39 is 42.1 Å². The number of nitriles is 1. The number of amides is 1. The third-order valence-electron chi connectivity index (χ3n) is 3.84. The molecule has 2 rings (SSSR count). The van der Waals surface area contributed by atoms with Gasteiger partial charge in [0, 0.05) is 6.54 Å². The monoisotopic (exact) mass is 394 g/mol. The van der Waals surface area contributed by atoms with Crippen LogP contribution in [0.5, 0.6) is 0 Å². The second kappa shape index (κ2) is 9.21. The zero-order chi connectivity index (χ0) is 20.7. The lowest BCUT2D eigenvalue weighted by Crippen LogP contribution is -2.36. The lowest BCUT2D eigenvalue weighted by Gasteiger charge is -2.22. The summed E-state index contributed by atoms with van der Waals surface area (Å²) in [5.74, 6) is 0. The molecule has 3 N–H and O–H groups in total. The lowest BCUT2D eigenvalue weighted by molar-refractivity contribution is -0.139. The summed E-state index contributed by atoms with van der Waals surface area (Å²) in [6, 6.07) is 13.0. The van der Waals surface area contributed by atoms with Crippen molar-refractivity contribution in [2.45, 2.75) is 25.0 Å². The number of nitrogens with one attached hydrogen (secondary N) is 1. The first-order valence-electron chi connectivity index (χ1n) is 8.14. The van der Waals surface area contributed by atoms with E-state index in [1.165, 1.54) is 0 Å². The number of hydrogen-bond donors (Lipinski definition) is 3. The lowest BCUT2D eigenvalue weighted by atomic mass is 9.96. The summed E-state index contributed by atoms with van der Waals surface area (Å²) in [5.41, 5.74) is -1.34. The molecule has 0 saturated heterocycles. The first-order chi connectivity index (χ1) is 13.2. The molecule has 0 radical (unpaired) electrons. The van der Waals surface area contributed by atoms with Crippen LogP contribution < -0.4 is 5.32 Å². The van der Waals surface area contributed by atoms with Gasteiger partial charge in [0.15, 0.2) is 0 Å². The molecule has 9 heteroatoms. The van der Waals surface area contributed by atoms with Crippen LogP contribution in [0.25, 0.3) is 0 Å². The number of carbonyl (C=O) groups is 1. The molecule has 28 heavy (non-hydrogen) atoms. The van der Waals surface area contributed by atoms with Crippen LogP contribution in [0.1, 0.15) is 28.4 Å². The highest BCUT2D eigenvalue weighted by Gasteiger charge is 2.36. The molecule has 0 aliphatic heterocycles. The molecule has 0 aliphatic rings. The highest BCUT2D eigenvalue weighted by molar-refractivity contribution is 5.67. The molecule has 0 saturated carbocycles. The molecule has 0 spiro atoms. The number of rotatable bonds is 6. The molecular formula is C19H17F3N2O4. The standard InChI is InChI=1S/C19H17F3N2O4/c20-19(21,22)15-8-13(9-23)6-7-14(15)17(26)16(25)10-24-18(27)28-11-12-4-2-1-3-5-12/h1-8,16-17,25-26H,10-11H2,(H,24,27). The van der Waals surface area contributed by atoms with Gasteiger partial charge >= 0.3 is 12.3 Å². The summed E-state index contributed by atoms with van der Waals surface area (Å²) in [4.78, 5) is 11.6. The minimum Gasteiger partial charge on any atom is -0.445 e. The molecule has 2 atom stereocenters. The minimum absolute atomic E-state index is 0.0286. The van der Waals surface area contributed by atoms with Gasteiger partial charge < -0.3 is 20.3 Å². The van der Waals surface area contributed by atoms with Crippen molar-refractivity contribution in [3.05, 3.63) is 70.8 Å². The highest BCUT2D eigenvalue weighted by atomic mass is 19.4. The fourth-order valence-corrected chi connectivity index (χ4v) is 2.41. The molecule has 6 nitrogen and oxygen atoms in total. The van der Waals surface area contributed by atoms with Crippen molar-refractivity contribution in [3.63, 3.8) is 0 Å². The summed E-state index contributed by atoms with van der Waals surface area (Å²) in [6.45, 7) is -0.564. The molecular weight excluding hydrogens is 377 g/mol. The molecule has 0 aliphatic carbocycles. The smallest absolute Gasteiger partial charge is 0.416 e. The molecule has 2 aromatic carbocycles. The van der Waals surface area contributed by atoms with E-state index in [9.17, 15) is 28.2 Å². The van der Waals surface area contributed by atoms with Crippen molar-refractivity contribution in [3.8, 4) is 6.07 Å². The van der Waals surface area contributed by atoms with E-state index in [1.807, 2.05) is 0 Å². The van der Waals surface area contributed by atoms with Crippen LogP contribution in [-0.2, 0) is 17.5 Å².